The maximum absolute atomic E-state index is 13.7. The molecule has 3 aromatic rings. The first-order valence-corrected chi connectivity index (χ1v) is 16.5. The second-order valence-corrected chi connectivity index (χ2v) is 15.0. The molecule has 11 rings (SSSR count). The highest BCUT2D eigenvalue weighted by Gasteiger charge is 2.63. The fourth-order valence-corrected chi connectivity index (χ4v) is 12.8. The summed E-state index contributed by atoms with van der Waals surface area (Å²) in [4.78, 5) is 13.7. The molecular weight excluding hydrogens is 502 g/mol. The van der Waals surface area contributed by atoms with Crippen LogP contribution < -0.4 is 0 Å². The zero-order chi connectivity index (χ0) is 27.3. The highest BCUT2D eigenvalue weighted by molar-refractivity contribution is 5.63. The molecule has 0 N–H and O–H groups in total. The van der Waals surface area contributed by atoms with Gasteiger partial charge in [0, 0.05) is 22.0 Å². The van der Waals surface area contributed by atoms with E-state index in [2.05, 4.69) is 78.9 Å². The van der Waals surface area contributed by atoms with E-state index in [1.165, 1.54) is 75.3 Å². The zero-order valence-corrected chi connectivity index (χ0v) is 24.0. The molecule has 0 unspecified atom stereocenters. The Hall–Kier alpha value is -2.94. The van der Waals surface area contributed by atoms with Crippen LogP contribution in [-0.2, 0) is 10.8 Å². The predicted molar refractivity (Wildman–Crippen MR) is 162 cm³/mol. The van der Waals surface area contributed by atoms with Gasteiger partial charge in [0.15, 0.2) is 0 Å². The molecule has 0 saturated heterocycles. The average molecular weight is 544 g/mol. The summed E-state index contributed by atoms with van der Waals surface area (Å²) in [6.45, 7) is 0. The third-order valence-corrected chi connectivity index (χ3v) is 13.5. The minimum absolute atomic E-state index is 0.0656. The van der Waals surface area contributed by atoms with E-state index in [0.717, 1.165) is 34.8 Å². The summed E-state index contributed by atoms with van der Waals surface area (Å²) in [5.74, 6) is 5.16. The van der Waals surface area contributed by atoms with Crippen LogP contribution in [0.15, 0.2) is 78.9 Å². The van der Waals surface area contributed by atoms with Gasteiger partial charge in [-0.1, -0.05) is 78.9 Å². The Balaban J connectivity index is 1.33. The number of rotatable bonds is 5. The van der Waals surface area contributed by atoms with E-state index in [-0.39, 0.29) is 15.8 Å². The molecule has 8 aliphatic rings. The molecular formula is C38H41NO2. The van der Waals surface area contributed by atoms with Crippen LogP contribution >= 0.6 is 0 Å². The maximum atomic E-state index is 13.7. The lowest BCUT2D eigenvalue weighted by Gasteiger charge is -2.63. The predicted octanol–water partition coefficient (Wildman–Crippen LogP) is 9.08. The first kappa shape index (κ1) is 24.6. The summed E-state index contributed by atoms with van der Waals surface area (Å²) in [7, 11) is 0. The third-order valence-electron chi connectivity index (χ3n) is 13.5. The Bertz CT molecular complexity index is 1330. The molecule has 3 heteroatoms. The van der Waals surface area contributed by atoms with Crippen molar-refractivity contribution in [2.24, 2.45) is 47.3 Å². The van der Waals surface area contributed by atoms with E-state index in [9.17, 15) is 10.1 Å². The summed E-state index contributed by atoms with van der Waals surface area (Å²) in [6.07, 6.45) is 12.5. The summed E-state index contributed by atoms with van der Waals surface area (Å²) < 4.78 is 0. The van der Waals surface area contributed by atoms with E-state index in [1.54, 1.807) is 0 Å². The van der Waals surface area contributed by atoms with Gasteiger partial charge in [0.25, 0.3) is 5.69 Å². The molecule has 0 heterocycles. The van der Waals surface area contributed by atoms with Crippen LogP contribution in [0.1, 0.15) is 86.5 Å². The van der Waals surface area contributed by atoms with Gasteiger partial charge >= 0.3 is 0 Å². The summed E-state index contributed by atoms with van der Waals surface area (Å²) in [5.41, 5.74) is 4.68. The van der Waals surface area contributed by atoms with Gasteiger partial charge in [-0.25, -0.2) is 0 Å². The Kier molecular flexibility index (Phi) is 5.28. The van der Waals surface area contributed by atoms with Crippen LogP contribution in [0.5, 0.6) is 0 Å². The Morgan fingerprint density at radius 2 is 0.829 bits per heavy atom. The van der Waals surface area contributed by atoms with Crippen molar-refractivity contribution in [2.75, 3.05) is 0 Å². The average Bonchev–Trinajstić information content (AvgIpc) is 2.98. The summed E-state index contributed by atoms with van der Waals surface area (Å²) in [6, 6.07) is 28.7. The molecule has 3 aromatic carbocycles. The van der Waals surface area contributed by atoms with Crippen molar-refractivity contribution < 1.29 is 4.92 Å². The SMILES string of the molecule is O=[N+]([O-])c1c(C2(c3ccccc3)C3CC4CC(C3)CC2C4)cccc1C1(c2ccccc2)C2CC3CC(C2)CC1C3. The fourth-order valence-electron chi connectivity index (χ4n) is 12.8. The van der Waals surface area contributed by atoms with Gasteiger partial charge in [-0.2, -0.15) is 0 Å². The van der Waals surface area contributed by atoms with Crippen LogP contribution in [0.2, 0.25) is 0 Å². The fraction of sp³-hybridized carbons (Fsp3) is 0.526. The van der Waals surface area contributed by atoms with Gasteiger partial charge in [0.1, 0.15) is 0 Å². The number of nitro groups is 1. The van der Waals surface area contributed by atoms with Crippen LogP contribution in [0.4, 0.5) is 5.69 Å². The number of benzene rings is 3. The number of nitro benzene ring substituents is 1. The molecule has 41 heavy (non-hydrogen) atoms. The smallest absolute Gasteiger partial charge is 0.258 e. The maximum Gasteiger partial charge on any atom is 0.277 e. The van der Waals surface area contributed by atoms with Crippen LogP contribution in [-0.4, -0.2) is 4.92 Å². The van der Waals surface area contributed by atoms with Crippen LogP contribution in [0.25, 0.3) is 0 Å². The first-order valence-electron chi connectivity index (χ1n) is 16.5. The topological polar surface area (TPSA) is 43.1 Å². The highest BCUT2D eigenvalue weighted by atomic mass is 16.6. The molecule has 8 fully saturated rings. The van der Waals surface area contributed by atoms with Crippen molar-refractivity contribution >= 4 is 5.69 Å². The molecule has 0 amide bonds. The van der Waals surface area contributed by atoms with Gasteiger partial charge in [-0.15, -0.1) is 0 Å². The second-order valence-electron chi connectivity index (χ2n) is 15.0. The molecule has 0 aromatic heterocycles. The van der Waals surface area contributed by atoms with Crippen LogP contribution in [0, 0.1) is 57.5 Å². The lowest BCUT2D eigenvalue weighted by atomic mass is 9.40. The van der Waals surface area contributed by atoms with Gasteiger partial charge < -0.3 is 0 Å². The van der Waals surface area contributed by atoms with Crippen LogP contribution in [0.3, 0.4) is 0 Å². The standard InChI is InChI=1S/C38H41NO2/c40-39(41)36-34(37(28-8-3-1-4-9-28)30-16-24-14-25(18-30)19-31(37)17-24)12-7-13-35(36)38(29-10-5-2-6-11-29)32-20-26-15-27(22-32)23-33(38)21-26/h1-13,24-27,30-33H,14-23H2. The molecule has 210 valence electrons. The lowest BCUT2D eigenvalue weighted by molar-refractivity contribution is -0.387. The van der Waals surface area contributed by atoms with Gasteiger partial charge in [-0.3, -0.25) is 10.1 Å². The van der Waals surface area contributed by atoms with Gasteiger partial charge in [0.2, 0.25) is 0 Å². The molecule has 0 aliphatic heterocycles. The summed E-state index contributed by atoms with van der Waals surface area (Å²) >= 11 is 0. The Labute approximate surface area is 243 Å². The van der Waals surface area contributed by atoms with E-state index < -0.39 is 0 Å². The summed E-state index contributed by atoms with van der Waals surface area (Å²) in [5, 5.41) is 13.7. The third kappa shape index (κ3) is 3.21. The minimum atomic E-state index is -0.267. The zero-order valence-electron chi connectivity index (χ0n) is 24.0. The van der Waals surface area contributed by atoms with E-state index in [1.807, 2.05) is 0 Å². The first-order chi connectivity index (χ1) is 20.1. The van der Waals surface area contributed by atoms with E-state index in [4.69, 9.17) is 0 Å². The number of hydrogen-bond donors (Lipinski definition) is 0. The molecule has 8 saturated carbocycles. The van der Waals surface area contributed by atoms with Crippen molar-refractivity contribution in [2.45, 2.75) is 75.0 Å². The molecule has 8 bridgehead atoms. The van der Waals surface area contributed by atoms with Gasteiger partial charge in [0.05, 0.1) is 4.92 Å². The van der Waals surface area contributed by atoms with E-state index in [0.29, 0.717) is 29.4 Å². The normalized spacial score (nSPS) is 41.6. The van der Waals surface area contributed by atoms with Crippen molar-refractivity contribution in [3.05, 3.63) is 111 Å². The number of hydrogen-bond acceptors (Lipinski definition) is 2. The minimum Gasteiger partial charge on any atom is -0.258 e. The van der Waals surface area contributed by atoms with Gasteiger partial charge in [-0.05, 0) is 123 Å². The van der Waals surface area contributed by atoms with Crippen molar-refractivity contribution in [3.8, 4) is 0 Å². The quantitative estimate of drug-likeness (QED) is 0.238. The monoisotopic (exact) mass is 543 g/mol. The highest BCUT2D eigenvalue weighted by Crippen LogP contribution is 2.69. The second kappa shape index (κ2) is 8.79. The lowest BCUT2D eigenvalue weighted by Crippen LogP contribution is -2.57. The van der Waals surface area contributed by atoms with Crippen molar-refractivity contribution in [1.82, 2.24) is 0 Å². The van der Waals surface area contributed by atoms with Crippen molar-refractivity contribution in [3.63, 3.8) is 0 Å². The molecule has 8 aliphatic carbocycles. The number of para-hydroxylation sites is 1. The largest absolute Gasteiger partial charge is 0.277 e. The molecule has 0 spiro atoms. The Morgan fingerprint density at radius 3 is 1.15 bits per heavy atom. The number of nitrogens with zero attached hydrogens (tertiary/aromatic N) is 1. The Morgan fingerprint density at radius 1 is 0.488 bits per heavy atom. The molecule has 0 radical (unpaired) electrons. The molecule has 3 nitrogen and oxygen atoms in total. The van der Waals surface area contributed by atoms with E-state index >= 15 is 0 Å². The molecule has 0 atom stereocenters. The van der Waals surface area contributed by atoms with Crippen molar-refractivity contribution in [1.29, 1.82) is 0 Å².